The second-order valence-electron chi connectivity index (χ2n) is 18.7. The number of ether oxygens (including phenoxy) is 3. The van der Waals surface area contributed by atoms with Crippen LogP contribution in [0.25, 0.3) is 0 Å². The molecule has 0 aromatic heterocycles. The van der Waals surface area contributed by atoms with Crippen LogP contribution in [0.15, 0.2) is 24.3 Å². The molecule has 0 aliphatic carbocycles. The molecule has 0 atom stereocenters. The Bertz CT molecular complexity index is 1010. The Balaban J connectivity index is 4.57. The van der Waals surface area contributed by atoms with Gasteiger partial charge in [0.25, 0.3) is 0 Å². The van der Waals surface area contributed by atoms with E-state index >= 15 is 0 Å². The van der Waals surface area contributed by atoms with E-state index < -0.39 is 0 Å². The average molecular weight is 890 g/mol. The van der Waals surface area contributed by atoms with Gasteiger partial charge in [-0.2, -0.15) is 0 Å². The van der Waals surface area contributed by atoms with Gasteiger partial charge in [-0.25, -0.2) is 4.79 Å². The Labute approximate surface area is 390 Å². The third-order valence-corrected chi connectivity index (χ3v) is 11.7. The molecule has 9 heteroatoms. The lowest BCUT2D eigenvalue weighted by atomic mass is 10.1. The number of hydrogen-bond donors (Lipinski definition) is 0. The first kappa shape index (κ1) is 60.6. The monoisotopic (exact) mass is 890 g/mol. The van der Waals surface area contributed by atoms with Crippen molar-refractivity contribution in [3.05, 3.63) is 24.3 Å². The van der Waals surface area contributed by atoms with E-state index in [-0.39, 0.29) is 24.1 Å². The number of amides is 1. The van der Waals surface area contributed by atoms with Gasteiger partial charge < -0.3 is 28.9 Å². The molecule has 9 nitrogen and oxygen atoms in total. The van der Waals surface area contributed by atoms with Crippen molar-refractivity contribution in [3.63, 3.8) is 0 Å². The highest BCUT2D eigenvalue weighted by Crippen LogP contribution is 2.16. The third kappa shape index (κ3) is 46.0. The number of allylic oxidation sites excluding steroid dienone is 4. The average Bonchev–Trinajstić information content (AvgIpc) is 3.25. The van der Waals surface area contributed by atoms with Crippen LogP contribution in [0, 0.1) is 0 Å². The highest BCUT2D eigenvalue weighted by Gasteiger charge is 2.21. The first-order valence-electron chi connectivity index (χ1n) is 26.6. The molecular formula is C54H103N3O6. The van der Waals surface area contributed by atoms with E-state index in [2.05, 4.69) is 48.0 Å². The fraction of sp³-hybridized carbons (Fsp3) is 0.870. The van der Waals surface area contributed by atoms with Crippen molar-refractivity contribution in [2.45, 2.75) is 238 Å². The number of hydrogen-bond acceptors (Lipinski definition) is 8. The molecule has 0 unspecified atom stereocenters. The molecule has 0 radical (unpaired) electrons. The molecule has 0 spiro atoms. The van der Waals surface area contributed by atoms with E-state index in [1.165, 1.54) is 116 Å². The second-order valence-corrected chi connectivity index (χ2v) is 18.7. The van der Waals surface area contributed by atoms with Crippen LogP contribution in [0.3, 0.4) is 0 Å². The molecule has 370 valence electrons. The summed E-state index contributed by atoms with van der Waals surface area (Å²) in [5.74, 6) is -0.292. The van der Waals surface area contributed by atoms with Crippen molar-refractivity contribution in [3.8, 4) is 0 Å². The van der Waals surface area contributed by atoms with Crippen molar-refractivity contribution in [2.75, 3.05) is 67.6 Å². The zero-order valence-corrected chi connectivity index (χ0v) is 42.5. The maximum absolute atomic E-state index is 13.5. The van der Waals surface area contributed by atoms with Crippen molar-refractivity contribution in [2.24, 2.45) is 0 Å². The molecule has 0 aliphatic heterocycles. The molecule has 0 aliphatic rings. The molecule has 0 rings (SSSR count). The number of carbonyl (C=O) groups is 3. The minimum absolute atomic E-state index is 0.146. The summed E-state index contributed by atoms with van der Waals surface area (Å²) in [5, 5.41) is 0. The minimum atomic E-state index is -0.337. The molecule has 1 amide bonds. The van der Waals surface area contributed by atoms with Crippen LogP contribution in [0.2, 0.25) is 0 Å². The van der Waals surface area contributed by atoms with Gasteiger partial charge in [0, 0.05) is 25.9 Å². The molecule has 63 heavy (non-hydrogen) atoms. The van der Waals surface area contributed by atoms with Gasteiger partial charge in [-0.1, -0.05) is 141 Å². The molecule has 0 saturated carbocycles. The van der Waals surface area contributed by atoms with E-state index in [1.807, 2.05) is 33.1 Å². The normalized spacial score (nSPS) is 11.8. The summed E-state index contributed by atoms with van der Waals surface area (Å²) in [5.41, 5.74) is 0. The SMILES string of the molecule is CCCCCCCC/C=C/CCCCCCCC(=O)OCCCC(CCCOC(=O)CCCCCCC/C=C/CCCCCCCC)OC(=O)N(CCCN(C)C)CCCN(C)C. The van der Waals surface area contributed by atoms with Crippen LogP contribution in [-0.4, -0.2) is 106 Å². The van der Waals surface area contributed by atoms with Gasteiger partial charge in [-0.15, -0.1) is 0 Å². The minimum Gasteiger partial charge on any atom is -0.466 e. The molecule has 0 bridgehead atoms. The van der Waals surface area contributed by atoms with Gasteiger partial charge in [0.05, 0.1) is 13.2 Å². The molecule has 0 aromatic carbocycles. The van der Waals surface area contributed by atoms with Gasteiger partial charge >= 0.3 is 18.0 Å². The second kappa shape index (κ2) is 47.6. The Morgan fingerprint density at radius 3 is 1.10 bits per heavy atom. The van der Waals surface area contributed by atoms with Crippen molar-refractivity contribution in [1.82, 2.24) is 14.7 Å². The van der Waals surface area contributed by atoms with Gasteiger partial charge in [-0.05, 0) is 144 Å². The van der Waals surface area contributed by atoms with Crippen molar-refractivity contribution in [1.29, 1.82) is 0 Å². The summed E-state index contributed by atoms with van der Waals surface area (Å²) in [6.45, 7) is 8.23. The predicted octanol–water partition coefficient (Wildman–Crippen LogP) is 14.4. The van der Waals surface area contributed by atoms with Crippen LogP contribution >= 0.6 is 0 Å². The van der Waals surface area contributed by atoms with Gasteiger partial charge in [-0.3, -0.25) is 9.59 Å². The zero-order valence-electron chi connectivity index (χ0n) is 42.5. The molecular weight excluding hydrogens is 787 g/mol. The molecule has 0 aromatic rings. The molecule has 0 heterocycles. The maximum Gasteiger partial charge on any atom is 0.410 e. The van der Waals surface area contributed by atoms with Crippen LogP contribution in [0.4, 0.5) is 4.79 Å². The van der Waals surface area contributed by atoms with Crippen molar-refractivity contribution < 1.29 is 28.6 Å². The summed E-state index contributed by atoms with van der Waals surface area (Å²) in [4.78, 5) is 44.6. The third-order valence-electron chi connectivity index (χ3n) is 11.7. The van der Waals surface area contributed by atoms with Gasteiger partial charge in [0.2, 0.25) is 0 Å². The fourth-order valence-electron chi connectivity index (χ4n) is 7.75. The van der Waals surface area contributed by atoms with Crippen LogP contribution in [-0.2, 0) is 23.8 Å². The topological polar surface area (TPSA) is 88.6 Å². The van der Waals surface area contributed by atoms with E-state index in [1.54, 1.807) is 0 Å². The van der Waals surface area contributed by atoms with Crippen LogP contribution in [0.1, 0.15) is 232 Å². The quantitative estimate of drug-likeness (QED) is 0.0258. The summed E-state index contributed by atoms with van der Waals surface area (Å²) in [6, 6.07) is 0. The van der Waals surface area contributed by atoms with Gasteiger partial charge in [0.15, 0.2) is 0 Å². The number of rotatable bonds is 47. The zero-order chi connectivity index (χ0) is 46.3. The van der Waals surface area contributed by atoms with Gasteiger partial charge in [0.1, 0.15) is 6.10 Å². The first-order chi connectivity index (χ1) is 30.7. The van der Waals surface area contributed by atoms with E-state index in [0.29, 0.717) is 64.8 Å². The van der Waals surface area contributed by atoms with E-state index in [0.717, 1.165) is 77.3 Å². The van der Waals surface area contributed by atoms with Crippen LogP contribution < -0.4 is 0 Å². The highest BCUT2D eigenvalue weighted by molar-refractivity contribution is 5.69. The standard InChI is InChI=1S/C54H103N3O6/c1-7-9-11-13-15-17-19-21-23-25-27-29-31-33-35-43-52(58)61-49-37-41-51(63-54(60)57(47-39-45-55(3)4)48-40-46-56(5)6)42-38-50-62-53(59)44-36-34-32-30-28-26-24-22-20-18-16-14-12-10-8-2/h21-24,51H,7-20,25-50H2,1-6H3/b23-21+,24-22+. The largest absolute Gasteiger partial charge is 0.466 e. The molecule has 0 saturated heterocycles. The Hall–Kier alpha value is -2.39. The number of nitrogens with zero attached hydrogens (tertiary/aromatic N) is 3. The lowest BCUT2D eigenvalue weighted by molar-refractivity contribution is -0.144. The summed E-state index contributed by atoms with van der Waals surface area (Å²) in [7, 11) is 8.17. The number of carbonyl (C=O) groups excluding carboxylic acids is 3. The van der Waals surface area contributed by atoms with E-state index in [9.17, 15) is 14.4 Å². The number of esters is 2. The lowest BCUT2D eigenvalue weighted by Crippen LogP contribution is -2.38. The lowest BCUT2D eigenvalue weighted by Gasteiger charge is -2.27. The van der Waals surface area contributed by atoms with Crippen molar-refractivity contribution >= 4 is 18.0 Å². The fourth-order valence-corrected chi connectivity index (χ4v) is 7.75. The molecule has 0 N–H and O–H groups in total. The van der Waals surface area contributed by atoms with Crippen LogP contribution in [0.5, 0.6) is 0 Å². The predicted molar refractivity (Wildman–Crippen MR) is 267 cm³/mol. The Morgan fingerprint density at radius 2 is 0.746 bits per heavy atom. The summed E-state index contributed by atoms with van der Waals surface area (Å²) in [6.07, 6.45) is 45.8. The van der Waals surface area contributed by atoms with E-state index in [4.69, 9.17) is 14.2 Å². The Kier molecular flexibility index (Phi) is 45.8. The number of unbranched alkanes of at least 4 members (excludes halogenated alkanes) is 22. The molecule has 0 fully saturated rings. The first-order valence-corrected chi connectivity index (χ1v) is 26.6. The smallest absolute Gasteiger partial charge is 0.410 e. The summed E-state index contributed by atoms with van der Waals surface area (Å²) < 4.78 is 17.3. The Morgan fingerprint density at radius 1 is 0.413 bits per heavy atom. The maximum atomic E-state index is 13.5. The summed E-state index contributed by atoms with van der Waals surface area (Å²) >= 11 is 0. The highest BCUT2D eigenvalue weighted by atomic mass is 16.6.